The third-order valence-corrected chi connectivity index (χ3v) is 8.19. The molecule has 0 aliphatic carbocycles. The van der Waals surface area contributed by atoms with E-state index in [1.54, 1.807) is 0 Å². The van der Waals surface area contributed by atoms with Crippen molar-refractivity contribution in [1.82, 2.24) is 0 Å². The Morgan fingerprint density at radius 1 is 1.16 bits per heavy atom. The molecule has 0 bridgehead atoms. The Balaban J connectivity index is 5.73. The van der Waals surface area contributed by atoms with E-state index in [0.29, 0.717) is 0 Å². The van der Waals surface area contributed by atoms with Crippen LogP contribution in [0.5, 0.6) is 0 Å². The maximum absolute atomic E-state index is 11.6. The van der Waals surface area contributed by atoms with Crippen molar-refractivity contribution >= 4 is 20.5 Å². The largest absolute Gasteiger partial charge is 0.481 e. The minimum Gasteiger partial charge on any atom is -0.481 e. The molecule has 5 heteroatoms. The second-order valence-electron chi connectivity index (χ2n) is 5.31. The predicted molar refractivity (Wildman–Crippen MR) is 77.8 cm³/mol. The second kappa shape index (κ2) is 6.70. The first-order valence-corrected chi connectivity index (χ1v) is 8.27. The van der Waals surface area contributed by atoms with Gasteiger partial charge in [0.2, 0.25) is 0 Å². The van der Waals surface area contributed by atoms with Crippen LogP contribution >= 0.6 is 0 Å². The maximum Gasteiger partial charge on any atom is 0.473 e. The maximum atomic E-state index is 11.6. The summed E-state index contributed by atoms with van der Waals surface area (Å²) in [7, 11) is -3.11. The van der Waals surface area contributed by atoms with Gasteiger partial charge in [-0.3, -0.25) is 0 Å². The average molecular weight is 284 g/mol. The first kappa shape index (κ1) is 17.6. The first-order chi connectivity index (χ1) is 8.66. The third-order valence-electron chi connectivity index (χ3n) is 3.43. The summed E-state index contributed by atoms with van der Waals surface area (Å²) in [5, 5.41) is -0.404. The van der Waals surface area contributed by atoms with E-state index >= 15 is 0 Å². The summed E-state index contributed by atoms with van der Waals surface area (Å²) in [6, 6.07) is 0. The number of hydrogen-bond acceptors (Lipinski definition) is 4. The number of rotatable bonds is 7. The van der Waals surface area contributed by atoms with Crippen LogP contribution in [0.15, 0.2) is 25.3 Å². The molecule has 0 amide bonds. The molecule has 0 aromatic carbocycles. The van der Waals surface area contributed by atoms with Crippen molar-refractivity contribution < 1.29 is 18.4 Å². The molecule has 0 aliphatic heterocycles. The molecule has 0 saturated heterocycles. The van der Waals surface area contributed by atoms with E-state index < -0.39 is 25.5 Å². The second-order valence-corrected chi connectivity index (χ2v) is 9.56. The van der Waals surface area contributed by atoms with Crippen LogP contribution in [-0.4, -0.2) is 20.5 Å². The molecule has 0 N–H and O–H groups in total. The van der Waals surface area contributed by atoms with Crippen molar-refractivity contribution in [2.45, 2.75) is 51.6 Å². The molecule has 0 atom stereocenters. The molecule has 0 aromatic rings. The lowest BCUT2D eigenvalue weighted by molar-refractivity contribution is -0.137. The van der Waals surface area contributed by atoms with E-state index in [0.717, 1.165) is 18.6 Å². The van der Waals surface area contributed by atoms with Crippen LogP contribution in [0.4, 0.5) is 0 Å². The predicted octanol–water partition coefficient (Wildman–Crippen LogP) is 3.49. The van der Waals surface area contributed by atoms with Crippen LogP contribution in [-0.2, 0) is 18.4 Å². The quantitative estimate of drug-likeness (QED) is 0.530. The molecule has 19 heavy (non-hydrogen) atoms. The molecule has 0 spiro atoms. The van der Waals surface area contributed by atoms with Crippen molar-refractivity contribution in [3.8, 4) is 0 Å². The van der Waals surface area contributed by atoms with Gasteiger partial charge in [0, 0.05) is 22.7 Å². The van der Waals surface area contributed by atoms with Gasteiger partial charge in [-0.2, -0.15) is 0 Å². The fourth-order valence-corrected chi connectivity index (χ4v) is 5.83. The van der Waals surface area contributed by atoms with Crippen LogP contribution in [0.1, 0.15) is 41.0 Å². The number of carbonyl (C=O) groups excluding carboxylic acids is 2. The number of hydrogen-bond donors (Lipinski definition) is 0. The zero-order chi connectivity index (χ0) is 15.3. The van der Waals surface area contributed by atoms with Gasteiger partial charge in [-0.25, -0.2) is 9.59 Å². The van der Waals surface area contributed by atoms with Crippen LogP contribution in [0.25, 0.3) is 0 Å². The highest BCUT2D eigenvalue weighted by molar-refractivity contribution is 6.74. The SMILES string of the molecule is C=CC(=O)O[Si](OC(=O)C=C)(C(C)C)C(C)(C)CC. The monoisotopic (exact) mass is 284 g/mol. The Morgan fingerprint density at radius 2 is 1.53 bits per heavy atom. The Kier molecular flexibility index (Phi) is 6.22. The van der Waals surface area contributed by atoms with Gasteiger partial charge in [-0.05, 0) is 6.42 Å². The molecular formula is C14H24O4Si. The summed E-state index contributed by atoms with van der Waals surface area (Å²) >= 11 is 0. The van der Waals surface area contributed by atoms with Crippen molar-refractivity contribution in [2.75, 3.05) is 0 Å². The van der Waals surface area contributed by atoms with Crippen molar-refractivity contribution in [3.05, 3.63) is 25.3 Å². The van der Waals surface area contributed by atoms with E-state index in [9.17, 15) is 9.59 Å². The Morgan fingerprint density at radius 3 is 1.74 bits per heavy atom. The van der Waals surface area contributed by atoms with E-state index in [2.05, 4.69) is 13.2 Å². The highest BCUT2D eigenvalue weighted by Crippen LogP contribution is 2.48. The van der Waals surface area contributed by atoms with E-state index in [1.165, 1.54) is 0 Å². The Labute approximate surface area is 116 Å². The topological polar surface area (TPSA) is 52.6 Å². The summed E-state index contributed by atoms with van der Waals surface area (Å²) in [6.45, 7) is 16.5. The van der Waals surface area contributed by atoms with Crippen molar-refractivity contribution in [3.63, 3.8) is 0 Å². The summed E-state index contributed by atoms with van der Waals surface area (Å²) < 4.78 is 11.1. The zero-order valence-corrected chi connectivity index (χ0v) is 13.5. The van der Waals surface area contributed by atoms with Crippen LogP contribution in [0.3, 0.4) is 0 Å². The first-order valence-electron chi connectivity index (χ1n) is 6.37. The Hall–Kier alpha value is -1.36. The molecule has 0 aromatic heterocycles. The molecule has 0 fully saturated rings. The lowest BCUT2D eigenvalue weighted by atomic mass is 10.1. The molecule has 0 rings (SSSR count). The molecule has 0 saturated carbocycles. The summed E-state index contributed by atoms with van der Waals surface area (Å²) in [6.07, 6.45) is 2.92. The van der Waals surface area contributed by atoms with Crippen LogP contribution in [0.2, 0.25) is 10.6 Å². The molecule has 0 aliphatic rings. The molecular weight excluding hydrogens is 260 g/mol. The smallest absolute Gasteiger partial charge is 0.473 e. The lowest BCUT2D eigenvalue weighted by Crippen LogP contribution is -2.55. The van der Waals surface area contributed by atoms with E-state index in [4.69, 9.17) is 8.85 Å². The molecule has 0 unspecified atom stereocenters. The van der Waals surface area contributed by atoms with Gasteiger partial charge in [0.1, 0.15) is 0 Å². The fourth-order valence-electron chi connectivity index (χ4n) is 1.94. The van der Waals surface area contributed by atoms with Gasteiger partial charge in [-0.1, -0.05) is 47.8 Å². The minimum absolute atomic E-state index is 0.0738. The van der Waals surface area contributed by atoms with Crippen LogP contribution in [0, 0.1) is 0 Å². The highest BCUT2D eigenvalue weighted by Gasteiger charge is 2.59. The summed E-state index contributed by atoms with van der Waals surface area (Å²) in [5.74, 6) is -1.11. The fraction of sp³-hybridized carbons (Fsp3) is 0.571. The van der Waals surface area contributed by atoms with E-state index in [1.807, 2.05) is 34.6 Å². The van der Waals surface area contributed by atoms with Gasteiger partial charge in [0.25, 0.3) is 0 Å². The van der Waals surface area contributed by atoms with Crippen molar-refractivity contribution in [2.24, 2.45) is 0 Å². The minimum atomic E-state index is -3.11. The normalized spacial score (nSPS) is 11.9. The average Bonchev–Trinajstić information content (AvgIpc) is 2.36. The lowest BCUT2D eigenvalue weighted by Gasteiger charge is -2.43. The van der Waals surface area contributed by atoms with Gasteiger partial charge >= 0.3 is 20.5 Å². The van der Waals surface area contributed by atoms with Crippen LogP contribution < -0.4 is 0 Å². The molecule has 0 radical (unpaired) electrons. The summed E-state index contributed by atoms with van der Waals surface area (Å²) in [5.41, 5.74) is -0.0738. The molecule has 108 valence electrons. The highest BCUT2D eigenvalue weighted by atomic mass is 28.4. The third kappa shape index (κ3) is 3.80. The number of carbonyl (C=O) groups is 2. The zero-order valence-electron chi connectivity index (χ0n) is 12.5. The van der Waals surface area contributed by atoms with Gasteiger partial charge in [0.15, 0.2) is 0 Å². The van der Waals surface area contributed by atoms with Gasteiger partial charge in [-0.15, -0.1) is 0 Å². The molecule has 4 nitrogen and oxygen atoms in total. The van der Waals surface area contributed by atoms with E-state index in [-0.39, 0.29) is 5.54 Å². The van der Waals surface area contributed by atoms with Gasteiger partial charge in [0.05, 0.1) is 0 Å². The standard InChI is InChI=1S/C14H24O4Si/c1-8-12(15)17-19(11(4)5,14(6,7)10-3)18-13(16)9-2/h8-9,11H,1-2,10H2,3-7H3. The van der Waals surface area contributed by atoms with Gasteiger partial charge < -0.3 is 8.85 Å². The summed E-state index contributed by atoms with van der Waals surface area (Å²) in [4.78, 5) is 23.3. The van der Waals surface area contributed by atoms with Crippen molar-refractivity contribution in [1.29, 1.82) is 0 Å². The molecule has 0 heterocycles. The Bertz CT molecular complexity index is 350.